The Bertz CT molecular complexity index is 718. The maximum atomic E-state index is 12.6. The molecular formula is C36H75N2O6P. The predicted octanol–water partition coefficient (Wildman–Crippen LogP) is 8.83. The highest BCUT2D eigenvalue weighted by Gasteiger charge is 2.24. The van der Waals surface area contributed by atoms with Crippen molar-refractivity contribution in [2.24, 2.45) is 0 Å². The maximum absolute atomic E-state index is 12.6. The number of unbranched alkanes of at least 4 members (excludes halogenated alkanes) is 21. The van der Waals surface area contributed by atoms with Crippen LogP contribution in [0.2, 0.25) is 0 Å². The van der Waals surface area contributed by atoms with Gasteiger partial charge in [0.1, 0.15) is 13.2 Å². The van der Waals surface area contributed by atoms with Crippen molar-refractivity contribution in [3.63, 3.8) is 0 Å². The van der Waals surface area contributed by atoms with Gasteiger partial charge in [-0.05, 0) is 12.8 Å². The molecule has 0 saturated carbocycles. The smallest absolute Gasteiger partial charge is 0.268 e. The molecule has 1 amide bonds. The first-order chi connectivity index (χ1) is 21.5. The Kier molecular flexibility index (Phi) is 29.3. The van der Waals surface area contributed by atoms with Gasteiger partial charge in [0.25, 0.3) is 7.82 Å². The molecule has 0 aliphatic rings. The van der Waals surface area contributed by atoms with Crippen molar-refractivity contribution >= 4 is 13.7 Å². The summed E-state index contributed by atoms with van der Waals surface area (Å²) in [5.74, 6) is -0.174. The summed E-state index contributed by atoms with van der Waals surface area (Å²) < 4.78 is 22.9. The lowest BCUT2D eigenvalue weighted by molar-refractivity contribution is -0.870. The van der Waals surface area contributed by atoms with Gasteiger partial charge >= 0.3 is 0 Å². The number of rotatable bonds is 34. The summed E-state index contributed by atoms with van der Waals surface area (Å²) in [5.41, 5.74) is 0. The van der Waals surface area contributed by atoms with E-state index in [-0.39, 0.29) is 19.1 Å². The van der Waals surface area contributed by atoms with Crippen molar-refractivity contribution in [2.75, 3.05) is 40.9 Å². The minimum atomic E-state index is -4.53. The van der Waals surface area contributed by atoms with Crippen LogP contribution in [0, 0.1) is 0 Å². The fraction of sp³-hybridized carbons (Fsp3) is 0.972. The molecule has 0 fully saturated rings. The second-order valence-electron chi connectivity index (χ2n) is 14.3. The molecule has 45 heavy (non-hydrogen) atoms. The second-order valence-corrected chi connectivity index (χ2v) is 15.7. The fourth-order valence-corrected chi connectivity index (χ4v) is 6.23. The molecule has 0 aromatic rings. The topological polar surface area (TPSA) is 108 Å². The Morgan fingerprint density at radius 2 is 1.09 bits per heavy atom. The standard InChI is InChI=1S/C36H75N2O6P/c1-6-8-10-11-12-13-14-15-16-17-18-19-20-21-22-23-24-25-26-28-30-36(40)37-34(35(39)29-27-9-7-2)33-44-45(41,42)43-32-31-38(3,4)5/h34-35,39H,6-33H2,1-5H3,(H-,37,40,41,42). The first kappa shape index (κ1) is 44.5. The molecule has 3 atom stereocenters. The molecule has 0 radical (unpaired) electrons. The minimum absolute atomic E-state index is 0.0137. The molecule has 8 nitrogen and oxygen atoms in total. The molecule has 0 aromatic heterocycles. The lowest BCUT2D eigenvalue weighted by Gasteiger charge is -2.30. The Balaban J connectivity index is 3.97. The largest absolute Gasteiger partial charge is 0.756 e. The van der Waals surface area contributed by atoms with Crippen LogP contribution < -0.4 is 10.2 Å². The molecule has 9 heteroatoms. The van der Waals surface area contributed by atoms with Crippen molar-refractivity contribution < 1.29 is 32.9 Å². The SMILES string of the molecule is CCCCCCCCCCCCCCCCCCCCCCC(=O)NC(COP(=O)([O-])OCC[N+](C)(C)C)C(O)CCCCC. The molecular weight excluding hydrogens is 587 g/mol. The maximum Gasteiger partial charge on any atom is 0.268 e. The third kappa shape index (κ3) is 31.8. The van der Waals surface area contributed by atoms with Gasteiger partial charge in [-0.2, -0.15) is 0 Å². The van der Waals surface area contributed by atoms with Gasteiger partial charge in [0.2, 0.25) is 5.91 Å². The van der Waals surface area contributed by atoms with Gasteiger partial charge in [0, 0.05) is 6.42 Å². The number of quaternary nitrogens is 1. The van der Waals surface area contributed by atoms with E-state index in [2.05, 4.69) is 19.2 Å². The molecule has 0 bridgehead atoms. The zero-order valence-electron chi connectivity index (χ0n) is 30.3. The molecule has 270 valence electrons. The number of aliphatic hydroxyl groups excluding tert-OH is 1. The number of nitrogens with one attached hydrogen (secondary N) is 1. The van der Waals surface area contributed by atoms with Gasteiger partial charge in [-0.1, -0.05) is 155 Å². The molecule has 0 saturated heterocycles. The average molecular weight is 663 g/mol. The first-order valence-electron chi connectivity index (χ1n) is 18.9. The highest BCUT2D eigenvalue weighted by molar-refractivity contribution is 7.45. The molecule has 0 heterocycles. The Hall–Kier alpha value is -0.500. The number of amides is 1. The van der Waals surface area contributed by atoms with E-state index in [1.165, 1.54) is 109 Å². The summed E-state index contributed by atoms with van der Waals surface area (Å²) >= 11 is 0. The zero-order chi connectivity index (χ0) is 33.7. The fourth-order valence-electron chi connectivity index (χ4n) is 5.51. The van der Waals surface area contributed by atoms with E-state index in [9.17, 15) is 19.4 Å². The van der Waals surface area contributed by atoms with Gasteiger partial charge in [-0.3, -0.25) is 9.36 Å². The van der Waals surface area contributed by atoms with Crippen molar-refractivity contribution in [1.82, 2.24) is 5.32 Å². The van der Waals surface area contributed by atoms with Crippen LogP contribution in [0.5, 0.6) is 0 Å². The van der Waals surface area contributed by atoms with Crippen molar-refractivity contribution in [3.05, 3.63) is 0 Å². The molecule has 0 aromatic carbocycles. The van der Waals surface area contributed by atoms with Crippen LogP contribution in [-0.4, -0.2) is 68.5 Å². The van der Waals surface area contributed by atoms with Crippen LogP contribution in [0.4, 0.5) is 0 Å². The van der Waals surface area contributed by atoms with E-state index >= 15 is 0 Å². The Morgan fingerprint density at radius 3 is 1.51 bits per heavy atom. The van der Waals surface area contributed by atoms with E-state index in [0.29, 0.717) is 23.9 Å². The number of carbonyl (C=O) groups is 1. The summed E-state index contributed by atoms with van der Waals surface area (Å²) in [6, 6.07) is -0.788. The van der Waals surface area contributed by atoms with E-state index in [0.717, 1.165) is 38.5 Å². The highest BCUT2D eigenvalue weighted by Crippen LogP contribution is 2.38. The van der Waals surface area contributed by atoms with Crippen molar-refractivity contribution in [2.45, 2.75) is 187 Å². The summed E-state index contributed by atoms with van der Waals surface area (Å²) in [5, 5.41) is 13.5. The summed E-state index contributed by atoms with van der Waals surface area (Å²) in [6.07, 6.45) is 29.0. The van der Waals surface area contributed by atoms with E-state index in [1.54, 1.807) is 0 Å². The van der Waals surface area contributed by atoms with Crippen LogP contribution in [-0.2, 0) is 18.4 Å². The number of carbonyl (C=O) groups excluding carboxylic acids is 1. The van der Waals surface area contributed by atoms with Gasteiger partial charge in [0.15, 0.2) is 0 Å². The van der Waals surface area contributed by atoms with Gasteiger partial charge in [-0.25, -0.2) is 0 Å². The minimum Gasteiger partial charge on any atom is -0.756 e. The normalized spacial score (nSPS) is 14.7. The second kappa shape index (κ2) is 29.6. The van der Waals surface area contributed by atoms with Crippen LogP contribution in [0.3, 0.4) is 0 Å². The zero-order valence-corrected chi connectivity index (χ0v) is 31.2. The number of likely N-dealkylation sites (N-methyl/N-ethyl adjacent to an activating group) is 1. The number of aliphatic hydroxyl groups is 1. The van der Waals surface area contributed by atoms with Crippen LogP contribution in [0.25, 0.3) is 0 Å². The van der Waals surface area contributed by atoms with E-state index in [4.69, 9.17) is 9.05 Å². The Morgan fingerprint density at radius 1 is 0.689 bits per heavy atom. The van der Waals surface area contributed by atoms with Crippen molar-refractivity contribution in [3.8, 4) is 0 Å². The monoisotopic (exact) mass is 663 g/mol. The number of hydrogen-bond acceptors (Lipinski definition) is 6. The third-order valence-electron chi connectivity index (χ3n) is 8.60. The third-order valence-corrected chi connectivity index (χ3v) is 9.56. The number of nitrogens with zero attached hydrogens (tertiary/aromatic N) is 1. The summed E-state index contributed by atoms with van der Waals surface area (Å²) in [4.78, 5) is 24.9. The molecule has 0 aliphatic heterocycles. The molecule has 0 rings (SSSR count). The highest BCUT2D eigenvalue weighted by atomic mass is 31.2. The Labute approximate surface area is 279 Å². The lowest BCUT2D eigenvalue weighted by Crippen LogP contribution is -2.46. The van der Waals surface area contributed by atoms with E-state index < -0.39 is 20.0 Å². The first-order valence-corrected chi connectivity index (χ1v) is 20.3. The average Bonchev–Trinajstić information content (AvgIpc) is 2.97. The van der Waals surface area contributed by atoms with Crippen LogP contribution >= 0.6 is 7.82 Å². The van der Waals surface area contributed by atoms with Gasteiger partial charge in [0.05, 0.1) is 39.9 Å². The summed E-state index contributed by atoms with van der Waals surface area (Å²) in [6.45, 7) is 4.55. The lowest BCUT2D eigenvalue weighted by atomic mass is 10.0. The number of phosphoric ester groups is 1. The molecule has 3 unspecified atom stereocenters. The molecule has 0 aliphatic carbocycles. The molecule has 2 N–H and O–H groups in total. The quantitative estimate of drug-likeness (QED) is 0.0405. The number of phosphoric acid groups is 1. The van der Waals surface area contributed by atoms with E-state index in [1.807, 2.05) is 21.1 Å². The number of hydrogen-bond donors (Lipinski definition) is 2. The van der Waals surface area contributed by atoms with Crippen LogP contribution in [0.1, 0.15) is 174 Å². The van der Waals surface area contributed by atoms with Gasteiger partial charge in [-0.15, -0.1) is 0 Å². The van der Waals surface area contributed by atoms with Crippen molar-refractivity contribution in [1.29, 1.82) is 0 Å². The summed E-state index contributed by atoms with van der Waals surface area (Å²) in [7, 11) is 1.30. The van der Waals surface area contributed by atoms with Crippen LogP contribution in [0.15, 0.2) is 0 Å². The molecule has 0 spiro atoms. The predicted molar refractivity (Wildman–Crippen MR) is 187 cm³/mol. The van der Waals surface area contributed by atoms with Gasteiger partial charge < -0.3 is 28.8 Å².